The van der Waals surface area contributed by atoms with Crippen LogP contribution in [0.3, 0.4) is 0 Å². The Balaban J connectivity index is 2.10. The van der Waals surface area contributed by atoms with E-state index in [-0.39, 0.29) is 44.6 Å². The molecular formula is C18H14N2O6S. The first-order valence-electron chi connectivity index (χ1n) is 7.73. The highest BCUT2D eigenvalue weighted by Gasteiger charge is 2.36. The normalized spacial score (nSPS) is 16.1. The molecule has 1 unspecified atom stereocenters. The van der Waals surface area contributed by atoms with Gasteiger partial charge in [-0.25, -0.2) is 0 Å². The van der Waals surface area contributed by atoms with Crippen molar-refractivity contribution >= 4 is 26.5 Å². The van der Waals surface area contributed by atoms with E-state index in [0.29, 0.717) is 0 Å². The van der Waals surface area contributed by atoms with Crippen molar-refractivity contribution in [1.82, 2.24) is 0 Å². The van der Waals surface area contributed by atoms with Gasteiger partial charge in [0.05, 0.1) is 0 Å². The molecule has 1 aliphatic carbocycles. The Labute approximate surface area is 154 Å². The highest BCUT2D eigenvalue weighted by atomic mass is 32.2. The van der Waals surface area contributed by atoms with Gasteiger partial charge in [0.25, 0.3) is 0 Å². The molecule has 2 aromatic rings. The summed E-state index contributed by atoms with van der Waals surface area (Å²) < 4.78 is 30.7. The van der Waals surface area contributed by atoms with Crippen LogP contribution in [0.4, 0.5) is 0 Å². The van der Waals surface area contributed by atoms with E-state index in [2.05, 4.69) is 4.79 Å². The SMILES string of the molecule is CC(=O)c1cc(O)cc(OS(=O)(=O)C2=CC(=[N+]=[N-])C(O)c3ccccc32)c1. The van der Waals surface area contributed by atoms with E-state index in [1.165, 1.54) is 31.2 Å². The van der Waals surface area contributed by atoms with Gasteiger partial charge in [0.1, 0.15) is 16.4 Å². The molecular weight excluding hydrogens is 372 g/mol. The average Bonchev–Trinajstić information content (AvgIpc) is 2.61. The van der Waals surface area contributed by atoms with Gasteiger partial charge in [-0.1, -0.05) is 24.3 Å². The largest absolute Gasteiger partial charge is 0.508 e. The predicted octanol–water partition coefficient (Wildman–Crippen LogP) is 2.06. The number of ketones is 1. The smallest absolute Gasteiger partial charge is 0.340 e. The molecule has 1 atom stereocenters. The highest BCUT2D eigenvalue weighted by molar-refractivity contribution is 7.96. The van der Waals surface area contributed by atoms with Crippen molar-refractivity contribution in [2.45, 2.75) is 13.0 Å². The molecule has 2 aromatic carbocycles. The van der Waals surface area contributed by atoms with Crippen LogP contribution in [0.5, 0.6) is 11.5 Å². The number of carbonyl (C=O) groups is 1. The van der Waals surface area contributed by atoms with Gasteiger partial charge in [0.2, 0.25) is 0 Å². The lowest BCUT2D eigenvalue weighted by atomic mass is 9.93. The minimum absolute atomic E-state index is 0.0752. The van der Waals surface area contributed by atoms with Crippen molar-refractivity contribution in [1.29, 1.82) is 0 Å². The molecule has 9 heteroatoms. The van der Waals surface area contributed by atoms with Crippen molar-refractivity contribution in [2.24, 2.45) is 0 Å². The Morgan fingerprint density at radius 1 is 1.22 bits per heavy atom. The maximum atomic E-state index is 12.8. The molecule has 0 saturated carbocycles. The molecule has 0 amide bonds. The van der Waals surface area contributed by atoms with E-state index in [9.17, 15) is 23.4 Å². The van der Waals surface area contributed by atoms with E-state index < -0.39 is 16.2 Å². The molecule has 27 heavy (non-hydrogen) atoms. The fraction of sp³-hybridized carbons (Fsp3) is 0.111. The van der Waals surface area contributed by atoms with Gasteiger partial charge in [0.15, 0.2) is 11.9 Å². The molecule has 0 spiro atoms. The van der Waals surface area contributed by atoms with E-state index in [0.717, 1.165) is 12.1 Å². The van der Waals surface area contributed by atoms with Crippen LogP contribution in [-0.2, 0) is 10.1 Å². The zero-order valence-electron chi connectivity index (χ0n) is 14.0. The second kappa shape index (κ2) is 6.81. The first-order valence-corrected chi connectivity index (χ1v) is 9.14. The van der Waals surface area contributed by atoms with Crippen molar-refractivity contribution in [2.75, 3.05) is 0 Å². The lowest BCUT2D eigenvalue weighted by Crippen LogP contribution is -2.22. The van der Waals surface area contributed by atoms with Crippen LogP contribution < -0.4 is 4.18 Å². The summed E-state index contributed by atoms with van der Waals surface area (Å²) in [6, 6.07) is 9.57. The van der Waals surface area contributed by atoms with Gasteiger partial charge in [-0.15, -0.1) is 0 Å². The number of rotatable bonds is 4. The quantitative estimate of drug-likeness (QED) is 0.357. The van der Waals surface area contributed by atoms with Crippen molar-refractivity contribution in [3.8, 4) is 11.5 Å². The second-order valence-corrected chi connectivity index (χ2v) is 7.35. The summed E-state index contributed by atoms with van der Waals surface area (Å²) in [5, 5.41) is 19.9. The molecule has 3 rings (SSSR count). The molecule has 138 valence electrons. The van der Waals surface area contributed by atoms with Gasteiger partial charge in [-0.2, -0.15) is 13.2 Å². The highest BCUT2D eigenvalue weighted by Crippen LogP contribution is 2.35. The molecule has 0 heterocycles. The molecule has 0 bridgehead atoms. The number of aromatic hydroxyl groups is 1. The molecule has 0 radical (unpaired) electrons. The Kier molecular flexibility index (Phi) is 4.67. The van der Waals surface area contributed by atoms with E-state index in [4.69, 9.17) is 9.71 Å². The number of phenolic OH excluding ortho intramolecular Hbond substituents is 1. The van der Waals surface area contributed by atoms with Crippen LogP contribution in [0.1, 0.15) is 34.5 Å². The third kappa shape index (κ3) is 3.52. The van der Waals surface area contributed by atoms with Crippen molar-refractivity contribution in [3.05, 3.63) is 70.8 Å². The van der Waals surface area contributed by atoms with Gasteiger partial charge in [0, 0.05) is 28.8 Å². The summed E-state index contributed by atoms with van der Waals surface area (Å²) >= 11 is 0. The number of aliphatic hydroxyl groups is 1. The number of aliphatic hydroxyl groups excluding tert-OH is 1. The average molecular weight is 386 g/mol. The monoisotopic (exact) mass is 386 g/mol. The summed E-state index contributed by atoms with van der Waals surface area (Å²) in [6.07, 6.45) is -0.299. The van der Waals surface area contributed by atoms with E-state index in [1.807, 2.05) is 0 Å². The van der Waals surface area contributed by atoms with Crippen LogP contribution in [0.25, 0.3) is 10.4 Å². The third-order valence-corrected chi connectivity index (χ3v) is 5.26. The number of Topliss-reactive ketones (excluding diaryl/α,β-unsaturated/α-hetero) is 1. The van der Waals surface area contributed by atoms with Gasteiger partial charge in [-0.3, -0.25) is 4.79 Å². The topological polar surface area (TPSA) is 137 Å². The lowest BCUT2D eigenvalue weighted by molar-refractivity contribution is -0.0188. The minimum Gasteiger partial charge on any atom is -0.508 e. The first kappa shape index (κ1) is 18.5. The fourth-order valence-corrected chi connectivity index (χ4v) is 3.87. The summed E-state index contributed by atoms with van der Waals surface area (Å²) in [5.74, 6) is -0.973. The van der Waals surface area contributed by atoms with Crippen LogP contribution in [0, 0.1) is 0 Å². The van der Waals surface area contributed by atoms with E-state index in [1.54, 1.807) is 12.1 Å². The van der Waals surface area contributed by atoms with Crippen LogP contribution in [0.15, 0.2) is 48.5 Å². The first-order chi connectivity index (χ1) is 12.7. The molecule has 8 nitrogen and oxygen atoms in total. The summed E-state index contributed by atoms with van der Waals surface area (Å²) in [7, 11) is -4.44. The molecule has 2 N–H and O–H groups in total. The summed E-state index contributed by atoms with van der Waals surface area (Å²) in [5.41, 5.74) is 9.30. The van der Waals surface area contributed by atoms with E-state index >= 15 is 0 Å². The van der Waals surface area contributed by atoms with Gasteiger partial charge in [-0.05, 0) is 19.1 Å². The fourth-order valence-electron chi connectivity index (χ4n) is 2.71. The maximum absolute atomic E-state index is 12.8. The zero-order valence-corrected chi connectivity index (χ0v) is 14.8. The van der Waals surface area contributed by atoms with Crippen LogP contribution in [-0.4, -0.2) is 34.9 Å². The second-order valence-electron chi connectivity index (χ2n) is 5.83. The van der Waals surface area contributed by atoms with Gasteiger partial charge < -0.3 is 19.9 Å². The number of benzene rings is 2. The molecule has 1 aliphatic rings. The Hall–Kier alpha value is -3.26. The summed E-state index contributed by atoms with van der Waals surface area (Å²) in [6.45, 7) is 1.26. The Morgan fingerprint density at radius 3 is 2.59 bits per heavy atom. The standard InChI is InChI=1S/C18H14N2O6S/c1-10(21)11-6-12(22)8-13(7-11)26-27(24,25)17-9-16(20-19)18(23)15-5-3-2-4-14(15)17/h2-9,18,22-23H,1H3. The maximum Gasteiger partial charge on any atom is 0.340 e. The third-order valence-electron chi connectivity index (χ3n) is 3.97. The predicted molar refractivity (Wildman–Crippen MR) is 95.7 cm³/mol. The van der Waals surface area contributed by atoms with Crippen molar-refractivity contribution < 1.29 is 32.4 Å². The number of hydrogen-bond donors (Lipinski definition) is 2. The minimum atomic E-state index is -4.44. The summed E-state index contributed by atoms with van der Waals surface area (Å²) in [4.78, 5) is 14.1. The zero-order chi connectivity index (χ0) is 19.8. The van der Waals surface area contributed by atoms with Crippen LogP contribution in [0.2, 0.25) is 0 Å². The lowest BCUT2D eigenvalue weighted by Gasteiger charge is -2.19. The number of phenols is 1. The molecule has 0 aliphatic heterocycles. The number of fused-ring (bicyclic) bond motifs is 1. The van der Waals surface area contributed by atoms with Gasteiger partial charge >= 0.3 is 15.8 Å². The van der Waals surface area contributed by atoms with Crippen molar-refractivity contribution in [3.63, 3.8) is 0 Å². The van der Waals surface area contributed by atoms with Crippen LogP contribution >= 0.6 is 0 Å². The Morgan fingerprint density at radius 2 is 1.93 bits per heavy atom. The number of carbonyl (C=O) groups excluding carboxylic acids is 1. The molecule has 0 aromatic heterocycles. The molecule has 0 fully saturated rings. The number of hydrogen-bond acceptors (Lipinski definition) is 6. The Bertz CT molecular complexity index is 1130. The number of nitrogens with zero attached hydrogens (tertiary/aromatic N) is 2. The molecule has 0 saturated heterocycles.